The van der Waals surface area contributed by atoms with Crippen molar-refractivity contribution in [3.8, 4) is 0 Å². The minimum Gasteiger partial charge on any atom is -0.354 e. The van der Waals surface area contributed by atoms with Gasteiger partial charge in [-0.05, 0) is 0 Å². The number of hydrogen-bond donors (Lipinski definition) is 2. The summed E-state index contributed by atoms with van der Waals surface area (Å²) in [7, 11) is 0. The monoisotopic (exact) mass is 205 g/mol. The Morgan fingerprint density at radius 3 is 2.00 bits per heavy atom. The van der Waals surface area contributed by atoms with Crippen molar-refractivity contribution in [1.82, 2.24) is 9.80 Å². The van der Waals surface area contributed by atoms with E-state index in [1.54, 1.807) is 4.90 Å². The van der Waals surface area contributed by atoms with E-state index in [1.807, 2.05) is 4.90 Å². The summed E-state index contributed by atoms with van der Waals surface area (Å²) in [6.45, 7) is 2.72. The quantitative estimate of drug-likeness (QED) is 0.429. The molecule has 0 aromatic heterocycles. The number of hydrogen-bond acceptors (Lipinski definition) is 2. The Morgan fingerprint density at radius 2 is 1.67 bits per heavy atom. The van der Waals surface area contributed by atoms with Crippen LogP contribution in [0.2, 0.25) is 0 Å². The van der Waals surface area contributed by atoms with Gasteiger partial charge in [-0.25, -0.2) is 4.79 Å². The normalized spacial score (nSPS) is 17.8. The van der Waals surface area contributed by atoms with Crippen LogP contribution < -0.4 is 5.73 Å². The molecule has 1 aliphatic rings. The van der Waals surface area contributed by atoms with Crippen LogP contribution in [-0.4, -0.2) is 46.3 Å². The average Bonchev–Trinajstić information content (AvgIpc) is 2.04. The Kier molecular flexibility index (Phi) is 3.16. The summed E-state index contributed by atoms with van der Waals surface area (Å²) in [5.41, 5.74) is 5.11. The summed E-state index contributed by atoms with van der Waals surface area (Å²) >= 11 is 8.92. The van der Waals surface area contributed by atoms with Gasteiger partial charge in [-0.3, -0.25) is 0 Å². The van der Waals surface area contributed by atoms with Crippen molar-refractivity contribution in [3.63, 3.8) is 0 Å². The molecule has 68 valence electrons. The molecule has 1 fully saturated rings. The van der Waals surface area contributed by atoms with Crippen LogP contribution in [0.4, 0.5) is 4.79 Å². The maximum atomic E-state index is 10.7. The van der Waals surface area contributed by atoms with Crippen LogP contribution in [0, 0.1) is 0 Å². The number of rotatable bonds is 0. The van der Waals surface area contributed by atoms with Crippen LogP contribution >= 0.6 is 24.8 Å². The molecule has 0 bridgehead atoms. The zero-order chi connectivity index (χ0) is 9.14. The number of urea groups is 1. The summed E-state index contributed by atoms with van der Waals surface area (Å²) < 4.78 is 0.583. The van der Waals surface area contributed by atoms with E-state index >= 15 is 0 Å². The van der Waals surface area contributed by atoms with Gasteiger partial charge in [0.15, 0.2) is 0 Å². The van der Waals surface area contributed by atoms with E-state index in [0.717, 1.165) is 13.1 Å². The molecular formula is C6H11N3OS2. The Hall–Kier alpha value is -0.490. The summed E-state index contributed by atoms with van der Waals surface area (Å²) in [6, 6.07) is -0.361. The van der Waals surface area contributed by atoms with E-state index in [2.05, 4.69) is 12.6 Å². The second kappa shape index (κ2) is 3.95. The number of thiol groups is 1. The Morgan fingerprint density at radius 1 is 1.25 bits per heavy atom. The number of piperazine rings is 1. The molecule has 1 heterocycles. The lowest BCUT2D eigenvalue weighted by Gasteiger charge is -2.33. The molecule has 1 rings (SSSR count). The highest BCUT2D eigenvalue weighted by Gasteiger charge is 2.18. The van der Waals surface area contributed by atoms with E-state index in [-0.39, 0.29) is 6.03 Å². The predicted molar refractivity (Wildman–Crippen MR) is 54.3 cm³/mol. The zero-order valence-corrected chi connectivity index (χ0v) is 8.27. The molecule has 1 saturated heterocycles. The van der Waals surface area contributed by atoms with E-state index in [4.69, 9.17) is 18.0 Å². The lowest BCUT2D eigenvalue weighted by atomic mass is 10.3. The molecule has 0 atom stereocenters. The first-order chi connectivity index (χ1) is 5.61. The second-order valence-corrected chi connectivity index (χ2v) is 3.71. The van der Waals surface area contributed by atoms with Gasteiger partial charge in [-0.1, -0.05) is 12.2 Å². The first-order valence-corrected chi connectivity index (χ1v) is 4.49. The van der Waals surface area contributed by atoms with Crippen LogP contribution in [0.25, 0.3) is 0 Å². The number of nitrogens with two attached hydrogens (primary N) is 1. The molecule has 0 unspecified atom stereocenters. The van der Waals surface area contributed by atoms with Gasteiger partial charge in [0.25, 0.3) is 0 Å². The second-order valence-electron chi connectivity index (χ2n) is 2.59. The SMILES string of the molecule is NC(=O)N1CCN(C(=S)S)CC1. The number of amides is 2. The topological polar surface area (TPSA) is 49.6 Å². The molecule has 0 spiro atoms. The highest BCUT2D eigenvalue weighted by molar-refractivity contribution is 8.10. The lowest BCUT2D eigenvalue weighted by Crippen LogP contribution is -2.50. The van der Waals surface area contributed by atoms with Gasteiger partial charge in [-0.15, -0.1) is 12.6 Å². The molecule has 2 amide bonds. The Balaban J connectivity index is 2.39. The summed E-state index contributed by atoms with van der Waals surface area (Å²) in [5, 5.41) is 0. The van der Waals surface area contributed by atoms with Gasteiger partial charge in [0.1, 0.15) is 4.32 Å². The standard InChI is InChI=1S/C6H11N3OS2/c7-5(10)8-1-3-9(4-2-8)6(11)12/h1-4H2,(H2,7,10)(H,11,12). The molecule has 4 nitrogen and oxygen atoms in total. The van der Waals surface area contributed by atoms with Crippen LogP contribution in [0.3, 0.4) is 0 Å². The molecule has 0 saturated carbocycles. The van der Waals surface area contributed by atoms with Gasteiger partial charge in [0.2, 0.25) is 0 Å². The molecule has 2 N–H and O–H groups in total. The maximum Gasteiger partial charge on any atom is 0.314 e. The molecular weight excluding hydrogens is 194 g/mol. The van der Waals surface area contributed by atoms with Crippen molar-refractivity contribution in [2.75, 3.05) is 26.2 Å². The third kappa shape index (κ3) is 2.25. The molecule has 0 radical (unpaired) electrons. The predicted octanol–water partition coefficient (Wildman–Crippen LogP) is -0.103. The van der Waals surface area contributed by atoms with Crippen LogP contribution in [0.15, 0.2) is 0 Å². The molecule has 1 aliphatic heterocycles. The molecule has 0 aliphatic carbocycles. The minimum absolute atomic E-state index is 0.361. The van der Waals surface area contributed by atoms with E-state index in [1.165, 1.54) is 0 Å². The van der Waals surface area contributed by atoms with Crippen molar-refractivity contribution in [2.24, 2.45) is 5.73 Å². The smallest absolute Gasteiger partial charge is 0.314 e. The minimum atomic E-state index is -0.361. The summed E-state index contributed by atoms with van der Waals surface area (Å²) in [6.07, 6.45) is 0. The molecule has 0 aromatic rings. The van der Waals surface area contributed by atoms with E-state index in [0.29, 0.717) is 17.4 Å². The molecule has 6 heteroatoms. The average molecular weight is 205 g/mol. The number of thiocarbonyl (C=S) groups is 1. The molecule has 12 heavy (non-hydrogen) atoms. The third-order valence-corrected chi connectivity index (χ3v) is 2.40. The van der Waals surface area contributed by atoms with Gasteiger partial charge < -0.3 is 15.5 Å². The maximum absolute atomic E-state index is 10.7. The number of primary amides is 1. The van der Waals surface area contributed by atoms with Gasteiger partial charge in [0.05, 0.1) is 0 Å². The van der Waals surface area contributed by atoms with Gasteiger partial charge >= 0.3 is 6.03 Å². The fourth-order valence-electron chi connectivity index (χ4n) is 1.12. The zero-order valence-electron chi connectivity index (χ0n) is 6.56. The number of carbonyl (C=O) groups excluding carboxylic acids is 1. The highest BCUT2D eigenvalue weighted by Crippen LogP contribution is 2.04. The number of nitrogens with zero attached hydrogens (tertiary/aromatic N) is 2. The van der Waals surface area contributed by atoms with Crippen LogP contribution in [0.1, 0.15) is 0 Å². The largest absolute Gasteiger partial charge is 0.354 e. The number of carbonyl (C=O) groups is 1. The van der Waals surface area contributed by atoms with Crippen molar-refractivity contribution in [2.45, 2.75) is 0 Å². The van der Waals surface area contributed by atoms with Crippen LogP contribution in [0.5, 0.6) is 0 Å². The Bertz CT molecular complexity index is 179. The Labute approximate surface area is 82.1 Å². The van der Waals surface area contributed by atoms with Crippen molar-refractivity contribution in [1.29, 1.82) is 0 Å². The van der Waals surface area contributed by atoms with Crippen LogP contribution in [-0.2, 0) is 0 Å². The first-order valence-electron chi connectivity index (χ1n) is 3.63. The van der Waals surface area contributed by atoms with Gasteiger partial charge in [0, 0.05) is 26.2 Å². The van der Waals surface area contributed by atoms with Crippen molar-refractivity contribution >= 4 is 35.2 Å². The summed E-state index contributed by atoms with van der Waals surface area (Å²) in [4.78, 5) is 14.3. The first kappa shape index (κ1) is 9.60. The van der Waals surface area contributed by atoms with Crippen molar-refractivity contribution < 1.29 is 4.79 Å². The highest BCUT2D eigenvalue weighted by atomic mass is 32.1. The van der Waals surface area contributed by atoms with E-state index < -0.39 is 0 Å². The third-order valence-electron chi connectivity index (χ3n) is 1.86. The van der Waals surface area contributed by atoms with E-state index in [9.17, 15) is 4.79 Å². The summed E-state index contributed by atoms with van der Waals surface area (Å²) in [5.74, 6) is 0. The lowest BCUT2D eigenvalue weighted by molar-refractivity contribution is 0.179. The van der Waals surface area contributed by atoms with Gasteiger partial charge in [-0.2, -0.15) is 0 Å². The molecule has 0 aromatic carbocycles. The van der Waals surface area contributed by atoms with Crippen molar-refractivity contribution in [3.05, 3.63) is 0 Å². The fourth-order valence-corrected chi connectivity index (χ4v) is 1.50. The fraction of sp³-hybridized carbons (Fsp3) is 0.667.